The highest BCUT2D eigenvalue weighted by molar-refractivity contribution is 7.99. The van der Waals surface area contributed by atoms with Crippen molar-refractivity contribution in [1.82, 2.24) is 0 Å². The van der Waals surface area contributed by atoms with Gasteiger partial charge in [-0.1, -0.05) is 0 Å². The van der Waals surface area contributed by atoms with E-state index in [4.69, 9.17) is 10.5 Å². The van der Waals surface area contributed by atoms with Crippen LogP contribution in [0.1, 0.15) is 12.8 Å². The van der Waals surface area contributed by atoms with Crippen LogP contribution in [0.2, 0.25) is 0 Å². The van der Waals surface area contributed by atoms with Crippen molar-refractivity contribution in [2.24, 2.45) is 5.73 Å². The minimum Gasteiger partial charge on any atom is -0.434 e. The Morgan fingerprint density at radius 1 is 1.67 bits per heavy atom. The van der Waals surface area contributed by atoms with Crippen molar-refractivity contribution >= 4 is 24.1 Å². The fourth-order valence-corrected chi connectivity index (χ4v) is 2.30. The molecular formula is C7H11NO3S. The molecule has 0 aliphatic carbocycles. The minimum atomic E-state index is -0.950. The Morgan fingerprint density at radius 2 is 2.42 bits per heavy atom. The van der Waals surface area contributed by atoms with Crippen molar-refractivity contribution in [3.05, 3.63) is 0 Å². The maximum absolute atomic E-state index is 10.7. The first-order valence-corrected chi connectivity index (χ1v) is 4.86. The zero-order valence-corrected chi connectivity index (χ0v) is 7.43. The van der Waals surface area contributed by atoms with Crippen molar-refractivity contribution in [2.45, 2.75) is 18.4 Å². The fraction of sp³-hybridized carbons (Fsp3) is 0.714. The minimum absolute atomic E-state index is 0.527. The van der Waals surface area contributed by atoms with Gasteiger partial charge in [0.25, 0.3) is 0 Å². The van der Waals surface area contributed by atoms with E-state index in [-0.39, 0.29) is 0 Å². The van der Waals surface area contributed by atoms with Gasteiger partial charge in [-0.2, -0.15) is 11.8 Å². The largest absolute Gasteiger partial charge is 0.434 e. The average molecular weight is 189 g/mol. The van der Waals surface area contributed by atoms with Crippen LogP contribution in [-0.4, -0.2) is 29.5 Å². The zero-order chi connectivity index (χ0) is 9.03. The first-order chi connectivity index (χ1) is 5.68. The van der Waals surface area contributed by atoms with Gasteiger partial charge in [0.1, 0.15) is 0 Å². The van der Waals surface area contributed by atoms with E-state index < -0.39 is 11.7 Å². The normalized spacial score (nSPS) is 29.3. The number of thioether (sulfide) groups is 1. The van der Waals surface area contributed by atoms with Crippen LogP contribution in [0, 0.1) is 0 Å². The lowest BCUT2D eigenvalue weighted by Crippen LogP contribution is -2.43. The Kier molecular flexibility index (Phi) is 2.97. The van der Waals surface area contributed by atoms with Gasteiger partial charge in [-0.05, 0) is 18.6 Å². The van der Waals surface area contributed by atoms with Gasteiger partial charge < -0.3 is 10.5 Å². The van der Waals surface area contributed by atoms with Gasteiger partial charge in [0.15, 0.2) is 11.9 Å². The highest BCUT2D eigenvalue weighted by Crippen LogP contribution is 2.28. The topological polar surface area (TPSA) is 69.4 Å². The highest BCUT2D eigenvalue weighted by Gasteiger charge is 2.35. The molecule has 1 heterocycles. The second kappa shape index (κ2) is 3.80. The summed E-state index contributed by atoms with van der Waals surface area (Å²) in [6.45, 7) is 0. The second-order valence-electron chi connectivity index (χ2n) is 2.76. The molecule has 0 aromatic heterocycles. The summed E-state index contributed by atoms with van der Waals surface area (Å²) in [4.78, 5) is 21.1. The third-order valence-electron chi connectivity index (χ3n) is 1.75. The summed E-state index contributed by atoms with van der Waals surface area (Å²) in [7, 11) is 0. The van der Waals surface area contributed by atoms with E-state index >= 15 is 0 Å². The van der Waals surface area contributed by atoms with E-state index in [0.717, 1.165) is 12.2 Å². The number of carbonyl (C=O) groups is 2. The molecule has 0 bridgehead atoms. The number of primary amides is 1. The van der Waals surface area contributed by atoms with Gasteiger partial charge in [-0.15, -0.1) is 0 Å². The summed E-state index contributed by atoms with van der Waals surface area (Å²) in [5.41, 5.74) is 3.91. The molecule has 0 radical (unpaired) electrons. The smallest absolute Gasteiger partial charge is 0.405 e. The van der Waals surface area contributed by atoms with Crippen LogP contribution in [0.4, 0.5) is 4.79 Å². The summed E-state index contributed by atoms with van der Waals surface area (Å²) in [5.74, 6) is 1.54. The summed E-state index contributed by atoms with van der Waals surface area (Å²) < 4.78 is 4.78. The summed E-state index contributed by atoms with van der Waals surface area (Å²) in [5, 5.41) is 0. The maximum Gasteiger partial charge on any atom is 0.405 e. The molecule has 1 atom stereocenters. The fourth-order valence-electron chi connectivity index (χ4n) is 1.19. The van der Waals surface area contributed by atoms with E-state index in [1.807, 2.05) is 0 Å². The van der Waals surface area contributed by atoms with E-state index in [1.165, 1.54) is 0 Å². The van der Waals surface area contributed by atoms with Crippen molar-refractivity contribution in [1.29, 1.82) is 0 Å². The summed E-state index contributed by atoms with van der Waals surface area (Å²) in [6, 6.07) is 0. The van der Waals surface area contributed by atoms with Crippen LogP contribution in [0.5, 0.6) is 0 Å². The van der Waals surface area contributed by atoms with E-state index in [2.05, 4.69) is 0 Å². The molecule has 4 nitrogen and oxygen atoms in total. The highest BCUT2D eigenvalue weighted by atomic mass is 32.2. The number of hydrogen-bond acceptors (Lipinski definition) is 4. The molecule has 1 saturated heterocycles. The van der Waals surface area contributed by atoms with Crippen molar-refractivity contribution in [2.75, 3.05) is 11.5 Å². The first-order valence-electron chi connectivity index (χ1n) is 3.71. The molecule has 0 saturated carbocycles. The lowest BCUT2D eigenvalue weighted by molar-refractivity contribution is -0.122. The lowest BCUT2D eigenvalue weighted by atomic mass is 10.0. The molecule has 1 unspecified atom stereocenters. The SMILES string of the molecule is NC(=O)OC1(C=O)CCCSC1. The average Bonchev–Trinajstić information content (AvgIpc) is 2.05. The van der Waals surface area contributed by atoms with Gasteiger partial charge in [-0.25, -0.2) is 4.79 Å². The number of amides is 1. The molecule has 68 valence electrons. The second-order valence-corrected chi connectivity index (χ2v) is 3.87. The van der Waals surface area contributed by atoms with Crippen LogP contribution >= 0.6 is 11.8 Å². The van der Waals surface area contributed by atoms with Gasteiger partial charge in [0.2, 0.25) is 0 Å². The van der Waals surface area contributed by atoms with Crippen LogP contribution in [0.25, 0.3) is 0 Å². The van der Waals surface area contributed by atoms with Crippen LogP contribution in [-0.2, 0) is 9.53 Å². The predicted octanol–water partition coefficient (Wildman–Crippen LogP) is 0.546. The molecule has 1 amide bonds. The van der Waals surface area contributed by atoms with E-state index in [1.54, 1.807) is 11.8 Å². The number of nitrogens with two attached hydrogens (primary N) is 1. The molecule has 1 fully saturated rings. The quantitative estimate of drug-likeness (QED) is 0.644. The van der Waals surface area contributed by atoms with Gasteiger partial charge in [-0.3, -0.25) is 4.79 Å². The Bertz CT molecular complexity index is 189. The third kappa shape index (κ3) is 2.14. The molecule has 0 aromatic carbocycles. The van der Waals surface area contributed by atoms with E-state index in [9.17, 15) is 9.59 Å². The first kappa shape index (κ1) is 9.38. The van der Waals surface area contributed by atoms with Gasteiger partial charge in [0, 0.05) is 5.75 Å². The van der Waals surface area contributed by atoms with Crippen molar-refractivity contribution in [3.63, 3.8) is 0 Å². The van der Waals surface area contributed by atoms with Crippen LogP contribution in [0.15, 0.2) is 0 Å². The molecule has 0 aromatic rings. The Morgan fingerprint density at radius 3 is 2.83 bits per heavy atom. The molecule has 1 aliphatic rings. The number of carbonyl (C=O) groups excluding carboxylic acids is 2. The van der Waals surface area contributed by atoms with Gasteiger partial charge >= 0.3 is 6.09 Å². The Balaban J connectivity index is 2.59. The molecular weight excluding hydrogens is 178 g/mol. The zero-order valence-electron chi connectivity index (χ0n) is 6.62. The Hall–Kier alpha value is -0.710. The maximum atomic E-state index is 10.7. The number of hydrogen-bond donors (Lipinski definition) is 1. The number of aldehydes is 1. The van der Waals surface area contributed by atoms with Crippen LogP contribution in [0.3, 0.4) is 0 Å². The molecule has 1 aliphatic heterocycles. The summed E-state index contributed by atoms with van der Waals surface area (Å²) in [6.07, 6.45) is 1.29. The molecule has 12 heavy (non-hydrogen) atoms. The molecule has 0 spiro atoms. The summed E-state index contributed by atoms with van der Waals surface area (Å²) >= 11 is 1.60. The van der Waals surface area contributed by atoms with Crippen LogP contribution < -0.4 is 5.73 Å². The molecule has 1 rings (SSSR count). The predicted molar refractivity (Wildman–Crippen MR) is 46.0 cm³/mol. The lowest BCUT2D eigenvalue weighted by Gasteiger charge is -2.30. The molecule has 5 heteroatoms. The van der Waals surface area contributed by atoms with Crippen molar-refractivity contribution in [3.8, 4) is 0 Å². The van der Waals surface area contributed by atoms with Crippen molar-refractivity contribution < 1.29 is 14.3 Å². The third-order valence-corrected chi connectivity index (χ3v) is 3.02. The van der Waals surface area contributed by atoms with Gasteiger partial charge in [0.05, 0.1) is 0 Å². The number of ether oxygens (including phenoxy) is 1. The monoisotopic (exact) mass is 189 g/mol. The molecule has 2 N–H and O–H groups in total. The Labute approximate surface area is 74.8 Å². The standard InChI is InChI=1S/C7H11NO3S/c8-6(10)11-7(4-9)2-1-3-12-5-7/h4H,1-3,5H2,(H2,8,10). The van der Waals surface area contributed by atoms with E-state index in [0.29, 0.717) is 18.5 Å². The number of rotatable bonds is 2.